The van der Waals surface area contributed by atoms with Gasteiger partial charge in [0.15, 0.2) is 0 Å². The number of pyridine rings is 1. The molecule has 1 amide bonds. The monoisotopic (exact) mass is 318 g/mol. The van der Waals surface area contributed by atoms with Crippen molar-refractivity contribution < 1.29 is 14.3 Å². The molecular weight excluding hydrogens is 292 g/mol. The van der Waals surface area contributed by atoms with Crippen molar-refractivity contribution >= 4 is 5.91 Å². The highest BCUT2D eigenvalue weighted by Gasteiger charge is 2.46. The number of nitrogens with zero attached hydrogens (tertiary/aromatic N) is 2. The van der Waals surface area contributed by atoms with E-state index in [0.29, 0.717) is 11.6 Å². The summed E-state index contributed by atoms with van der Waals surface area (Å²) in [4.78, 5) is 18.7. The van der Waals surface area contributed by atoms with Crippen molar-refractivity contribution in [1.82, 2.24) is 9.88 Å². The SMILES string of the molecule is COCC[C@H]1CCOC12CCN(C(=O)c1ccc(C)cn1)CC2. The van der Waals surface area contributed by atoms with Crippen LogP contribution in [-0.2, 0) is 9.47 Å². The number of piperidine rings is 1. The Morgan fingerprint density at radius 3 is 2.87 bits per heavy atom. The highest BCUT2D eigenvalue weighted by molar-refractivity contribution is 5.92. The molecule has 0 radical (unpaired) electrons. The lowest BCUT2D eigenvalue weighted by Gasteiger charge is -2.42. The molecule has 23 heavy (non-hydrogen) atoms. The molecule has 2 fully saturated rings. The van der Waals surface area contributed by atoms with E-state index in [1.54, 1.807) is 13.3 Å². The van der Waals surface area contributed by atoms with Gasteiger partial charge in [-0.3, -0.25) is 9.78 Å². The average molecular weight is 318 g/mol. The number of methoxy groups -OCH3 is 1. The van der Waals surface area contributed by atoms with Crippen molar-refractivity contribution in [3.8, 4) is 0 Å². The number of aryl methyl sites for hydroxylation is 1. The smallest absolute Gasteiger partial charge is 0.272 e. The van der Waals surface area contributed by atoms with Gasteiger partial charge in [0.25, 0.3) is 5.91 Å². The molecule has 0 saturated carbocycles. The summed E-state index contributed by atoms with van der Waals surface area (Å²) in [5, 5.41) is 0. The van der Waals surface area contributed by atoms with Crippen LogP contribution in [0.2, 0.25) is 0 Å². The maximum absolute atomic E-state index is 12.6. The number of rotatable bonds is 4. The second-order valence-electron chi connectivity index (χ2n) is 6.69. The second kappa shape index (κ2) is 6.97. The number of carbonyl (C=O) groups excluding carboxylic acids is 1. The first kappa shape index (κ1) is 16.4. The highest BCUT2D eigenvalue weighted by Crippen LogP contribution is 2.42. The Labute approximate surface area is 138 Å². The molecule has 3 rings (SSSR count). The van der Waals surface area contributed by atoms with Crippen molar-refractivity contribution in [3.63, 3.8) is 0 Å². The number of hydrogen-bond donors (Lipinski definition) is 0. The number of hydrogen-bond acceptors (Lipinski definition) is 4. The van der Waals surface area contributed by atoms with E-state index < -0.39 is 0 Å². The van der Waals surface area contributed by atoms with Crippen LogP contribution in [0.5, 0.6) is 0 Å². The Morgan fingerprint density at radius 2 is 2.22 bits per heavy atom. The summed E-state index contributed by atoms with van der Waals surface area (Å²) in [6.07, 6.45) is 5.73. The molecule has 0 bridgehead atoms. The maximum Gasteiger partial charge on any atom is 0.272 e. The highest BCUT2D eigenvalue weighted by atomic mass is 16.5. The summed E-state index contributed by atoms with van der Waals surface area (Å²) in [6.45, 7) is 5.09. The fourth-order valence-electron chi connectivity index (χ4n) is 3.85. The fourth-order valence-corrected chi connectivity index (χ4v) is 3.85. The predicted molar refractivity (Wildman–Crippen MR) is 87.4 cm³/mol. The van der Waals surface area contributed by atoms with E-state index in [0.717, 1.165) is 57.6 Å². The molecule has 1 atom stereocenters. The van der Waals surface area contributed by atoms with Gasteiger partial charge in [0.1, 0.15) is 5.69 Å². The zero-order valence-corrected chi connectivity index (χ0v) is 14.1. The summed E-state index contributed by atoms with van der Waals surface area (Å²) in [5.74, 6) is 0.587. The van der Waals surface area contributed by atoms with Gasteiger partial charge < -0.3 is 14.4 Å². The standard InChI is InChI=1S/C18H26N2O3/c1-14-3-4-16(19-13-14)17(21)20-9-7-18(8-10-20)15(5-11-22-2)6-12-23-18/h3-4,13,15H,5-12H2,1-2H3/t15-/m0/s1. The van der Waals surface area contributed by atoms with Crippen LogP contribution in [0.25, 0.3) is 0 Å². The fraction of sp³-hybridized carbons (Fsp3) is 0.667. The van der Waals surface area contributed by atoms with Crippen molar-refractivity contribution in [3.05, 3.63) is 29.6 Å². The number of aromatic nitrogens is 1. The first-order valence-corrected chi connectivity index (χ1v) is 8.49. The van der Waals surface area contributed by atoms with Gasteiger partial charge in [0.05, 0.1) is 5.60 Å². The number of amides is 1. The molecule has 1 aromatic heterocycles. The van der Waals surface area contributed by atoms with E-state index in [-0.39, 0.29) is 11.5 Å². The molecule has 3 heterocycles. The summed E-state index contributed by atoms with van der Waals surface area (Å²) >= 11 is 0. The van der Waals surface area contributed by atoms with Crippen molar-refractivity contribution in [2.24, 2.45) is 5.92 Å². The van der Waals surface area contributed by atoms with E-state index in [2.05, 4.69) is 4.98 Å². The zero-order valence-electron chi connectivity index (χ0n) is 14.1. The summed E-state index contributed by atoms with van der Waals surface area (Å²) in [7, 11) is 1.75. The van der Waals surface area contributed by atoms with Gasteiger partial charge in [-0.2, -0.15) is 0 Å². The summed E-state index contributed by atoms with van der Waals surface area (Å²) in [5.41, 5.74) is 1.56. The third-order valence-corrected chi connectivity index (χ3v) is 5.30. The largest absolute Gasteiger partial charge is 0.385 e. The summed E-state index contributed by atoms with van der Waals surface area (Å²) < 4.78 is 11.4. The van der Waals surface area contributed by atoms with Crippen LogP contribution in [0, 0.1) is 12.8 Å². The molecule has 5 heteroatoms. The van der Waals surface area contributed by atoms with Crippen molar-refractivity contribution in [2.45, 2.75) is 38.2 Å². The molecule has 126 valence electrons. The van der Waals surface area contributed by atoms with Gasteiger partial charge in [0, 0.05) is 39.6 Å². The van der Waals surface area contributed by atoms with Gasteiger partial charge in [-0.15, -0.1) is 0 Å². The molecule has 1 spiro atoms. The van der Waals surface area contributed by atoms with E-state index in [1.165, 1.54) is 0 Å². The molecule has 2 aliphatic rings. The quantitative estimate of drug-likeness (QED) is 0.855. The maximum atomic E-state index is 12.6. The lowest BCUT2D eigenvalue weighted by molar-refractivity contribution is -0.0662. The van der Waals surface area contributed by atoms with Gasteiger partial charge in [-0.05, 0) is 50.2 Å². The normalized spacial score (nSPS) is 23.4. The minimum atomic E-state index is -0.0456. The molecular formula is C18H26N2O3. The van der Waals surface area contributed by atoms with E-state index in [1.807, 2.05) is 24.0 Å². The Morgan fingerprint density at radius 1 is 1.43 bits per heavy atom. The first-order valence-electron chi connectivity index (χ1n) is 8.49. The molecule has 0 aromatic carbocycles. The molecule has 0 unspecified atom stereocenters. The lowest BCUT2D eigenvalue weighted by atomic mass is 9.78. The van der Waals surface area contributed by atoms with Crippen LogP contribution < -0.4 is 0 Å². The summed E-state index contributed by atoms with van der Waals surface area (Å²) in [6, 6.07) is 3.75. The van der Waals surface area contributed by atoms with Crippen molar-refractivity contribution in [1.29, 1.82) is 0 Å². The van der Waals surface area contributed by atoms with Crippen LogP contribution in [0.1, 0.15) is 41.7 Å². The average Bonchev–Trinajstić information content (AvgIpc) is 2.96. The van der Waals surface area contributed by atoms with Gasteiger partial charge in [0.2, 0.25) is 0 Å². The van der Waals surface area contributed by atoms with Crippen LogP contribution in [0.3, 0.4) is 0 Å². The Balaban J connectivity index is 1.61. The Bertz CT molecular complexity index is 536. The van der Waals surface area contributed by atoms with E-state index >= 15 is 0 Å². The number of ether oxygens (including phenoxy) is 2. The van der Waals surface area contributed by atoms with Gasteiger partial charge in [-0.25, -0.2) is 0 Å². The Kier molecular flexibility index (Phi) is 4.97. The van der Waals surface area contributed by atoms with Crippen LogP contribution in [0.4, 0.5) is 0 Å². The topological polar surface area (TPSA) is 51.7 Å². The molecule has 0 N–H and O–H groups in total. The molecule has 1 aromatic rings. The minimum absolute atomic E-state index is 0.0336. The van der Waals surface area contributed by atoms with Crippen LogP contribution in [-0.4, -0.2) is 54.8 Å². The number of likely N-dealkylation sites (tertiary alicyclic amines) is 1. The first-order chi connectivity index (χ1) is 11.1. The molecule has 5 nitrogen and oxygen atoms in total. The second-order valence-corrected chi connectivity index (χ2v) is 6.69. The third kappa shape index (κ3) is 3.40. The van der Waals surface area contributed by atoms with E-state index in [4.69, 9.17) is 9.47 Å². The molecule has 2 aliphatic heterocycles. The Hall–Kier alpha value is -1.46. The lowest BCUT2D eigenvalue weighted by Crippen LogP contribution is -2.49. The number of carbonyl (C=O) groups is 1. The zero-order chi connectivity index (χ0) is 16.3. The molecule has 2 saturated heterocycles. The van der Waals surface area contributed by atoms with Gasteiger partial charge >= 0.3 is 0 Å². The van der Waals surface area contributed by atoms with E-state index in [9.17, 15) is 4.79 Å². The van der Waals surface area contributed by atoms with Gasteiger partial charge in [-0.1, -0.05) is 6.07 Å². The third-order valence-electron chi connectivity index (χ3n) is 5.30. The van der Waals surface area contributed by atoms with Crippen LogP contribution >= 0.6 is 0 Å². The predicted octanol–water partition coefficient (Wildman–Crippen LogP) is 2.44. The molecule has 0 aliphatic carbocycles. The van der Waals surface area contributed by atoms with Crippen molar-refractivity contribution in [2.75, 3.05) is 33.4 Å². The minimum Gasteiger partial charge on any atom is -0.385 e. The van der Waals surface area contributed by atoms with Crippen LogP contribution in [0.15, 0.2) is 18.3 Å².